The first kappa shape index (κ1) is 15.7. The zero-order chi connectivity index (χ0) is 13.9. The molecular weight excluding hydrogens is 252 g/mol. The van der Waals surface area contributed by atoms with Crippen LogP contribution >= 0.6 is 11.8 Å². The van der Waals surface area contributed by atoms with Crippen molar-refractivity contribution in [2.45, 2.75) is 64.0 Å². The molecular formula is C16H32N2S. The first-order valence-corrected chi connectivity index (χ1v) is 9.48. The fourth-order valence-electron chi connectivity index (χ4n) is 3.76. The van der Waals surface area contributed by atoms with Gasteiger partial charge in [0.25, 0.3) is 0 Å². The van der Waals surface area contributed by atoms with E-state index in [1.807, 2.05) is 11.8 Å². The van der Waals surface area contributed by atoms with Crippen LogP contribution in [0.3, 0.4) is 0 Å². The minimum Gasteiger partial charge on any atom is -0.308 e. The Labute approximate surface area is 124 Å². The van der Waals surface area contributed by atoms with Gasteiger partial charge in [-0.1, -0.05) is 13.8 Å². The Balaban J connectivity index is 2.04. The van der Waals surface area contributed by atoms with Crippen LogP contribution in [0.4, 0.5) is 0 Å². The number of piperazine rings is 1. The smallest absolute Gasteiger partial charge is 0.0329 e. The molecule has 1 aliphatic carbocycles. The van der Waals surface area contributed by atoms with Gasteiger partial charge in [-0.25, -0.2) is 0 Å². The number of hydrogen-bond donors (Lipinski definition) is 1. The van der Waals surface area contributed by atoms with Gasteiger partial charge in [-0.15, -0.1) is 0 Å². The van der Waals surface area contributed by atoms with Gasteiger partial charge in [-0.2, -0.15) is 11.8 Å². The quantitative estimate of drug-likeness (QED) is 0.722. The van der Waals surface area contributed by atoms with Crippen LogP contribution in [0.25, 0.3) is 0 Å². The van der Waals surface area contributed by atoms with Crippen molar-refractivity contribution in [3.63, 3.8) is 0 Å². The molecule has 1 N–H and O–H groups in total. The Morgan fingerprint density at radius 2 is 1.95 bits per heavy atom. The maximum Gasteiger partial charge on any atom is 0.0329 e. The summed E-state index contributed by atoms with van der Waals surface area (Å²) in [4.78, 5) is 2.83. The van der Waals surface area contributed by atoms with Crippen molar-refractivity contribution in [3.8, 4) is 0 Å². The van der Waals surface area contributed by atoms with E-state index in [-0.39, 0.29) is 0 Å². The summed E-state index contributed by atoms with van der Waals surface area (Å²) in [6.45, 7) is 10.9. The van der Waals surface area contributed by atoms with Gasteiger partial charge in [0.2, 0.25) is 0 Å². The molecule has 1 aliphatic heterocycles. The second-order valence-corrected chi connectivity index (χ2v) is 7.73. The van der Waals surface area contributed by atoms with Gasteiger partial charge in [-0.05, 0) is 63.5 Å². The molecule has 2 fully saturated rings. The molecule has 0 aromatic rings. The van der Waals surface area contributed by atoms with E-state index in [4.69, 9.17) is 0 Å². The summed E-state index contributed by atoms with van der Waals surface area (Å²) in [6.07, 6.45) is 8.98. The molecule has 2 rings (SSSR count). The number of rotatable bonds is 7. The Morgan fingerprint density at radius 3 is 2.47 bits per heavy atom. The fraction of sp³-hybridized carbons (Fsp3) is 1.00. The van der Waals surface area contributed by atoms with E-state index in [0.29, 0.717) is 11.1 Å². The summed E-state index contributed by atoms with van der Waals surface area (Å²) in [5.74, 6) is 2.23. The zero-order valence-electron chi connectivity index (χ0n) is 13.3. The minimum absolute atomic E-state index is 0.382. The summed E-state index contributed by atoms with van der Waals surface area (Å²) in [7, 11) is 0. The Bertz CT molecular complexity index is 286. The average molecular weight is 285 g/mol. The van der Waals surface area contributed by atoms with Crippen molar-refractivity contribution in [3.05, 3.63) is 0 Å². The number of thioether (sulfide) groups is 1. The highest BCUT2D eigenvalue weighted by Gasteiger charge is 2.49. The zero-order valence-corrected chi connectivity index (χ0v) is 14.1. The molecule has 0 amide bonds. The lowest BCUT2D eigenvalue weighted by Gasteiger charge is -2.54. The third-order valence-corrected chi connectivity index (χ3v) is 6.28. The van der Waals surface area contributed by atoms with Gasteiger partial charge >= 0.3 is 0 Å². The summed E-state index contributed by atoms with van der Waals surface area (Å²) in [5.41, 5.74) is 0.792. The Kier molecular flexibility index (Phi) is 5.24. The highest BCUT2D eigenvalue weighted by atomic mass is 32.2. The van der Waals surface area contributed by atoms with Gasteiger partial charge in [0.05, 0.1) is 0 Å². The second-order valence-electron chi connectivity index (χ2n) is 6.74. The predicted molar refractivity (Wildman–Crippen MR) is 87.0 cm³/mol. The summed E-state index contributed by atoms with van der Waals surface area (Å²) in [6, 6.07) is 0. The molecule has 0 radical (unpaired) electrons. The number of nitrogens with one attached hydrogen (secondary N) is 1. The second kappa shape index (κ2) is 6.36. The van der Waals surface area contributed by atoms with Crippen molar-refractivity contribution in [2.75, 3.05) is 31.6 Å². The van der Waals surface area contributed by atoms with Crippen LogP contribution in [0.5, 0.6) is 0 Å². The molecule has 0 bridgehead atoms. The maximum atomic E-state index is 3.92. The fourth-order valence-corrected chi connectivity index (χ4v) is 4.17. The van der Waals surface area contributed by atoms with Gasteiger partial charge in [-0.3, -0.25) is 4.90 Å². The van der Waals surface area contributed by atoms with E-state index in [1.54, 1.807) is 0 Å². The van der Waals surface area contributed by atoms with Crippen molar-refractivity contribution < 1.29 is 0 Å². The molecule has 1 heterocycles. The van der Waals surface area contributed by atoms with Gasteiger partial charge in [0.1, 0.15) is 0 Å². The summed E-state index contributed by atoms with van der Waals surface area (Å²) >= 11 is 1.98. The molecule has 1 atom stereocenters. The molecule has 2 aliphatic rings. The SMILES string of the molecule is CCC1(CC)CNC(C)(C2CC2)CN1CCCSC. The standard InChI is InChI=1S/C16H32N2S/c1-5-16(6-2)12-17-15(3,14-8-9-14)13-18(16)10-7-11-19-4/h14,17H,5-13H2,1-4H3. The molecule has 2 nitrogen and oxygen atoms in total. The van der Waals surface area contributed by atoms with Crippen LogP contribution in [0.1, 0.15) is 52.9 Å². The third kappa shape index (κ3) is 3.30. The predicted octanol–water partition coefficient (Wildman–Crippen LogP) is 3.37. The lowest BCUT2D eigenvalue weighted by Crippen LogP contribution is -2.69. The van der Waals surface area contributed by atoms with E-state index in [2.05, 4.69) is 37.2 Å². The van der Waals surface area contributed by atoms with Gasteiger partial charge in [0, 0.05) is 24.2 Å². The van der Waals surface area contributed by atoms with E-state index >= 15 is 0 Å². The van der Waals surface area contributed by atoms with Gasteiger partial charge < -0.3 is 5.32 Å². The normalized spacial score (nSPS) is 31.6. The molecule has 1 saturated carbocycles. The molecule has 1 unspecified atom stereocenters. The first-order chi connectivity index (χ1) is 9.10. The van der Waals surface area contributed by atoms with Crippen molar-refractivity contribution in [1.29, 1.82) is 0 Å². The van der Waals surface area contributed by atoms with Crippen LogP contribution in [0.2, 0.25) is 0 Å². The maximum absolute atomic E-state index is 3.92. The van der Waals surface area contributed by atoms with E-state index in [9.17, 15) is 0 Å². The summed E-state index contributed by atoms with van der Waals surface area (Å²) in [5, 5.41) is 3.92. The van der Waals surface area contributed by atoms with E-state index in [1.165, 1.54) is 57.5 Å². The summed E-state index contributed by atoms with van der Waals surface area (Å²) < 4.78 is 0. The van der Waals surface area contributed by atoms with Crippen LogP contribution in [-0.2, 0) is 0 Å². The van der Waals surface area contributed by atoms with Crippen LogP contribution in [0.15, 0.2) is 0 Å². The number of hydrogen-bond acceptors (Lipinski definition) is 3. The van der Waals surface area contributed by atoms with Crippen LogP contribution in [0, 0.1) is 5.92 Å². The van der Waals surface area contributed by atoms with Gasteiger partial charge in [0.15, 0.2) is 0 Å². The largest absolute Gasteiger partial charge is 0.308 e. The topological polar surface area (TPSA) is 15.3 Å². The average Bonchev–Trinajstić information content (AvgIpc) is 3.25. The minimum atomic E-state index is 0.382. The highest BCUT2D eigenvalue weighted by Crippen LogP contribution is 2.43. The highest BCUT2D eigenvalue weighted by molar-refractivity contribution is 7.98. The van der Waals surface area contributed by atoms with Crippen molar-refractivity contribution >= 4 is 11.8 Å². The molecule has 0 aromatic heterocycles. The van der Waals surface area contributed by atoms with Crippen LogP contribution in [-0.4, -0.2) is 47.6 Å². The van der Waals surface area contributed by atoms with Crippen LogP contribution < -0.4 is 5.32 Å². The molecule has 0 spiro atoms. The number of nitrogens with zero attached hydrogens (tertiary/aromatic N) is 1. The van der Waals surface area contributed by atoms with E-state index < -0.39 is 0 Å². The molecule has 3 heteroatoms. The lowest BCUT2D eigenvalue weighted by molar-refractivity contribution is -0.00302. The Morgan fingerprint density at radius 1 is 1.26 bits per heavy atom. The lowest BCUT2D eigenvalue weighted by atomic mass is 9.81. The van der Waals surface area contributed by atoms with Crippen molar-refractivity contribution in [1.82, 2.24) is 10.2 Å². The molecule has 112 valence electrons. The van der Waals surface area contributed by atoms with E-state index in [0.717, 1.165) is 5.92 Å². The monoisotopic (exact) mass is 284 g/mol. The Hall–Kier alpha value is 0.270. The third-order valence-electron chi connectivity index (χ3n) is 5.58. The molecule has 0 aromatic carbocycles. The van der Waals surface area contributed by atoms with Crippen molar-refractivity contribution in [2.24, 2.45) is 5.92 Å². The first-order valence-electron chi connectivity index (χ1n) is 8.09. The molecule has 1 saturated heterocycles. The molecule has 19 heavy (non-hydrogen) atoms.